The second-order valence-electron chi connectivity index (χ2n) is 3.71. The third-order valence-electron chi connectivity index (χ3n) is 2.37. The van der Waals surface area contributed by atoms with Crippen LogP contribution in [0.4, 0.5) is 4.39 Å². The molecular formula is C13H12BrFN2. The Kier molecular flexibility index (Phi) is 4.23. The van der Waals surface area contributed by atoms with Crippen LogP contribution in [0.1, 0.15) is 11.1 Å². The van der Waals surface area contributed by atoms with Gasteiger partial charge in [0.05, 0.1) is 4.47 Å². The zero-order valence-electron chi connectivity index (χ0n) is 9.16. The lowest BCUT2D eigenvalue weighted by atomic mass is 10.2. The molecule has 0 aliphatic rings. The van der Waals surface area contributed by atoms with Gasteiger partial charge in [0.2, 0.25) is 0 Å². The Labute approximate surface area is 108 Å². The summed E-state index contributed by atoms with van der Waals surface area (Å²) in [6.07, 6.45) is 3.58. The van der Waals surface area contributed by atoms with Gasteiger partial charge in [-0.25, -0.2) is 4.39 Å². The maximum Gasteiger partial charge on any atom is 0.137 e. The van der Waals surface area contributed by atoms with E-state index < -0.39 is 0 Å². The molecule has 0 bridgehead atoms. The van der Waals surface area contributed by atoms with Crippen LogP contribution in [-0.4, -0.2) is 4.98 Å². The molecule has 0 saturated heterocycles. The number of hydrogen-bond acceptors (Lipinski definition) is 2. The molecule has 0 aliphatic carbocycles. The van der Waals surface area contributed by atoms with Crippen LogP contribution in [-0.2, 0) is 13.1 Å². The number of hydrogen-bond donors (Lipinski definition) is 1. The molecule has 0 atom stereocenters. The van der Waals surface area contributed by atoms with E-state index in [4.69, 9.17) is 0 Å². The Morgan fingerprint density at radius 2 is 2.00 bits per heavy atom. The average molecular weight is 295 g/mol. The van der Waals surface area contributed by atoms with Crippen LogP contribution in [0.5, 0.6) is 0 Å². The number of nitrogens with zero attached hydrogens (tertiary/aromatic N) is 1. The van der Waals surface area contributed by atoms with Gasteiger partial charge < -0.3 is 5.32 Å². The van der Waals surface area contributed by atoms with Crippen LogP contribution in [0.25, 0.3) is 0 Å². The molecule has 0 fully saturated rings. The minimum atomic E-state index is -0.235. The van der Waals surface area contributed by atoms with Crippen molar-refractivity contribution in [1.29, 1.82) is 0 Å². The molecule has 0 saturated carbocycles. The highest BCUT2D eigenvalue weighted by Gasteiger charge is 2.00. The molecule has 1 aromatic carbocycles. The number of benzene rings is 1. The molecule has 0 amide bonds. The summed E-state index contributed by atoms with van der Waals surface area (Å²) < 4.78 is 13.5. The van der Waals surface area contributed by atoms with E-state index in [1.807, 2.05) is 18.3 Å². The van der Waals surface area contributed by atoms with Gasteiger partial charge in [-0.05, 0) is 45.3 Å². The Balaban J connectivity index is 1.88. The summed E-state index contributed by atoms with van der Waals surface area (Å²) in [7, 11) is 0. The van der Waals surface area contributed by atoms with Crippen molar-refractivity contribution in [3.63, 3.8) is 0 Å². The number of rotatable bonds is 4. The van der Waals surface area contributed by atoms with E-state index in [0.29, 0.717) is 11.0 Å². The van der Waals surface area contributed by atoms with E-state index in [9.17, 15) is 4.39 Å². The fourth-order valence-corrected chi connectivity index (χ4v) is 1.93. The van der Waals surface area contributed by atoms with E-state index in [1.54, 1.807) is 18.3 Å². The van der Waals surface area contributed by atoms with Crippen molar-refractivity contribution in [2.24, 2.45) is 0 Å². The summed E-state index contributed by atoms with van der Waals surface area (Å²) in [6, 6.07) is 8.94. The largest absolute Gasteiger partial charge is 0.309 e. The van der Waals surface area contributed by atoms with Gasteiger partial charge >= 0.3 is 0 Å². The molecule has 88 valence electrons. The second-order valence-corrected chi connectivity index (χ2v) is 4.57. The first kappa shape index (κ1) is 12.2. The molecule has 4 heteroatoms. The van der Waals surface area contributed by atoms with Gasteiger partial charge in [0.25, 0.3) is 0 Å². The van der Waals surface area contributed by atoms with Crippen molar-refractivity contribution in [2.45, 2.75) is 13.1 Å². The molecule has 2 aromatic rings. The third kappa shape index (κ3) is 3.61. The van der Waals surface area contributed by atoms with Crippen molar-refractivity contribution in [3.05, 3.63) is 64.1 Å². The number of halogens is 2. The Bertz CT molecular complexity index is 488. The summed E-state index contributed by atoms with van der Waals surface area (Å²) in [4.78, 5) is 4.04. The molecule has 2 nitrogen and oxygen atoms in total. The van der Waals surface area contributed by atoms with Crippen LogP contribution in [0, 0.1) is 5.82 Å². The van der Waals surface area contributed by atoms with Crippen molar-refractivity contribution in [3.8, 4) is 0 Å². The van der Waals surface area contributed by atoms with Gasteiger partial charge in [0.15, 0.2) is 0 Å². The van der Waals surface area contributed by atoms with Gasteiger partial charge in [-0.3, -0.25) is 4.98 Å². The highest BCUT2D eigenvalue weighted by atomic mass is 79.9. The minimum Gasteiger partial charge on any atom is -0.309 e. The van der Waals surface area contributed by atoms with E-state index in [2.05, 4.69) is 26.2 Å². The van der Waals surface area contributed by atoms with E-state index in [1.165, 1.54) is 6.07 Å². The normalized spacial score (nSPS) is 10.5. The van der Waals surface area contributed by atoms with E-state index in [0.717, 1.165) is 17.7 Å². The molecule has 0 spiro atoms. The topological polar surface area (TPSA) is 24.9 Å². The standard InChI is InChI=1S/C13H12BrFN2/c14-12-6-10(3-4-13(12)15)7-17-9-11-2-1-5-16-8-11/h1-6,8,17H,7,9H2. The van der Waals surface area contributed by atoms with Gasteiger partial charge in [-0.15, -0.1) is 0 Å². The Morgan fingerprint density at radius 1 is 1.18 bits per heavy atom. The predicted octanol–water partition coefficient (Wildman–Crippen LogP) is 3.27. The predicted molar refractivity (Wildman–Crippen MR) is 68.9 cm³/mol. The number of nitrogens with one attached hydrogen (secondary N) is 1. The first-order valence-electron chi connectivity index (χ1n) is 5.29. The first-order valence-corrected chi connectivity index (χ1v) is 6.08. The monoisotopic (exact) mass is 294 g/mol. The quantitative estimate of drug-likeness (QED) is 0.936. The summed E-state index contributed by atoms with van der Waals surface area (Å²) in [5.74, 6) is -0.235. The van der Waals surface area contributed by atoms with Gasteiger partial charge in [0.1, 0.15) is 5.82 Å². The van der Waals surface area contributed by atoms with Crippen LogP contribution >= 0.6 is 15.9 Å². The number of aromatic nitrogens is 1. The van der Waals surface area contributed by atoms with Crippen LogP contribution < -0.4 is 5.32 Å². The molecule has 0 aliphatic heterocycles. The molecule has 1 N–H and O–H groups in total. The van der Waals surface area contributed by atoms with E-state index in [-0.39, 0.29) is 5.82 Å². The zero-order valence-corrected chi connectivity index (χ0v) is 10.7. The second kappa shape index (κ2) is 5.89. The average Bonchev–Trinajstić information content (AvgIpc) is 2.35. The molecule has 0 radical (unpaired) electrons. The Morgan fingerprint density at radius 3 is 2.71 bits per heavy atom. The fraction of sp³-hybridized carbons (Fsp3) is 0.154. The minimum absolute atomic E-state index is 0.235. The summed E-state index contributed by atoms with van der Waals surface area (Å²) in [5, 5.41) is 3.28. The maximum atomic E-state index is 13.0. The summed E-state index contributed by atoms with van der Waals surface area (Å²) in [5.41, 5.74) is 2.18. The van der Waals surface area contributed by atoms with E-state index >= 15 is 0 Å². The van der Waals surface area contributed by atoms with Crippen molar-refractivity contribution in [2.75, 3.05) is 0 Å². The smallest absolute Gasteiger partial charge is 0.137 e. The van der Waals surface area contributed by atoms with Gasteiger partial charge in [-0.2, -0.15) is 0 Å². The van der Waals surface area contributed by atoms with Gasteiger partial charge in [-0.1, -0.05) is 12.1 Å². The Hall–Kier alpha value is -1.26. The molecule has 1 heterocycles. The van der Waals surface area contributed by atoms with Crippen molar-refractivity contribution >= 4 is 15.9 Å². The SMILES string of the molecule is Fc1ccc(CNCc2cccnc2)cc1Br. The molecule has 0 unspecified atom stereocenters. The van der Waals surface area contributed by atoms with Crippen LogP contribution in [0.3, 0.4) is 0 Å². The maximum absolute atomic E-state index is 13.0. The number of pyridine rings is 1. The zero-order chi connectivity index (χ0) is 12.1. The summed E-state index contributed by atoms with van der Waals surface area (Å²) >= 11 is 3.17. The highest BCUT2D eigenvalue weighted by Crippen LogP contribution is 2.16. The molecule has 17 heavy (non-hydrogen) atoms. The van der Waals surface area contributed by atoms with Crippen LogP contribution in [0.15, 0.2) is 47.2 Å². The fourth-order valence-electron chi connectivity index (χ4n) is 1.50. The first-order chi connectivity index (χ1) is 8.25. The lowest BCUT2D eigenvalue weighted by molar-refractivity contribution is 0.618. The van der Waals surface area contributed by atoms with Crippen LogP contribution in [0.2, 0.25) is 0 Å². The lowest BCUT2D eigenvalue weighted by Gasteiger charge is -2.05. The lowest BCUT2D eigenvalue weighted by Crippen LogP contribution is -2.12. The summed E-state index contributed by atoms with van der Waals surface area (Å²) in [6.45, 7) is 1.45. The van der Waals surface area contributed by atoms with Crippen molar-refractivity contribution in [1.82, 2.24) is 10.3 Å². The molecule has 2 rings (SSSR count). The molecular weight excluding hydrogens is 283 g/mol. The molecule has 1 aromatic heterocycles. The highest BCUT2D eigenvalue weighted by molar-refractivity contribution is 9.10. The van der Waals surface area contributed by atoms with Gasteiger partial charge in [0, 0.05) is 25.5 Å². The van der Waals surface area contributed by atoms with Crippen molar-refractivity contribution < 1.29 is 4.39 Å². The third-order valence-corrected chi connectivity index (χ3v) is 2.97.